The standard InChI is InChI=1S/C15H21ClN2O2/c1-2-15(7-8-15)10-18-14(20)17-9-13(19)11-3-5-12(16)6-4-11/h3-6,13,19H,2,7-10H2,1H3,(H2,17,18,20). The van der Waals surface area contributed by atoms with Crippen LogP contribution in [-0.4, -0.2) is 24.2 Å². The lowest BCUT2D eigenvalue weighted by molar-refractivity contribution is 0.172. The van der Waals surface area contributed by atoms with E-state index in [0.29, 0.717) is 17.0 Å². The van der Waals surface area contributed by atoms with E-state index in [1.807, 2.05) is 0 Å². The molecule has 110 valence electrons. The summed E-state index contributed by atoms with van der Waals surface area (Å²) in [6.07, 6.45) is 2.76. The molecule has 1 saturated carbocycles. The van der Waals surface area contributed by atoms with E-state index in [1.54, 1.807) is 24.3 Å². The van der Waals surface area contributed by atoms with Crippen LogP contribution in [0.5, 0.6) is 0 Å². The lowest BCUT2D eigenvalue weighted by Crippen LogP contribution is -2.40. The Morgan fingerprint density at radius 3 is 2.55 bits per heavy atom. The summed E-state index contributed by atoms with van der Waals surface area (Å²) >= 11 is 5.79. The summed E-state index contributed by atoms with van der Waals surface area (Å²) in [5.74, 6) is 0. The van der Waals surface area contributed by atoms with Crippen LogP contribution in [0.1, 0.15) is 37.9 Å². The van der Waals surface area contributed by atoms with E-state index in [9.17, 15) is 9.90 Å². The SMILES string of the molecule is CCC1(CNC(=O)NCC(O)c2ccc(Cl)cc2)CC1. The van der Waals surface area contributed by atoms with Gasteiger partial charge < -0.3 is 15.7 Å². The van der Waals surface area contributed by atoms with Crippen LogP contribution in [-0.2, 0) is 0 Å². The number of urea groups is 1. The van der Waals surface area contributed by atoms with E-state index in [0.717, 1.165) is 12.0 Å². The first-order chi connectivity index (χ1) is 9.54. The highest BCUT2D eigenvalue weighted by atomic mass is 35.5. The van der Waals surface area contributed by atoms with Gasteiger partial charge in [0.25, 0.3) is 0 Å². The van der Waals surface area contributed by atoms with Crippen LogP contribution in [0.25, 0.3) is 0 Å². The molecule has 5 heteroatoms. The Morgan fingerprint density at radius 1 is 1.35 bits per heavy atom. The van der Waals surface area contributed by atoms with Crippen molar-refractivity contribution in [2.45, 2.75) is 32.3 Å². The minimum Gasteiger partial charge on any atom is -0.387 e. The summed E-state index contributed by atoms with van der Waals surface area (Å²) in [5, 5.41) is 16.1. The molecule has 1 unspecified atom stereocenters. The molecule has 1 aliphatic rings. The van der Waals surface area contributed by atoms with E-state index in [-0.39, 0.29) is 12.6 Å². The molecule has 1 aliphatic carbocycles. The third-order valence-electron chi connectivity index (χ3n) is 4.04. The Kier molecular flexibility index (Phi) is 4.89. The molecule has 1 atom stereocenters. The third-order valence-corrected chi connectivity index (χ3v) is 4.29. The lowest BCUT2D eigenvalue weighted by Gasteiger charge is -2.16. The van der Waals surface area contributed by atoms with Gasteiger partial charge in [0.2, 0.25) is 0 Å². The molecule has 20 heavy (non-hydrogen) atoms. The summed E-state index contributed by atoms with van der Waals surface area (Å²) in [4.78, 5) is 11.7. The van der Waals surface area contributed by atoms with E-state index >= 15 is 0 Å². The Balaban J connectivity index is 1.71. The van der Waals surface area contributed by atoms with Crippen LogP contribution >= 0.6 is 11.6 Å². The fourth-order valence-corrected chi connectivity index (χ4v) is 2.28. The monoisotopic (exact) mass is 296 g/mol. The Bertz CT molecular complexity index is 457. The topological polar surface area (TPSA) is 61.4 Å². The molecule has 0 saturated heterocycles. The quantitative estimate of drug-likeness (QED) is 0.756. The van der Waals surface area contributed by atoms with Gasteiger partial charge in [-0.25, -0.2) is 4.79 Å². The van der Waals surface area contributed by atoms with Crippen molar-refractivity contribution in [3.63, 3.8) is 0 Å². The van der Waals surface area contributed by atoms with Crippen LogP contribution < -0.4 is 10.6 Å². The van der Waals surface area contributed by atoms with Crippen LogP contribution in [0, 0.1) is 5.41 Å². The zero-order valence-electron chi connectivity index (χ0n) is 11.7. The van der Waals surface area contributed by atoms with Crippen LogP contribution in [0.15, 0.2) is 24.3 Å². The van der Waals surface area contributed by atoms with Crippen molar-refractivity contribution < 1.29 is 9.90 Å². The van der Waals surface area contributed by atoms with Crippen molar-refractivity contribution in [3.05, 3.63) is 34.9 Å². The minimum atomic E-state index is -0.723. The van der Waals surface area contributed by atoms with E-state index in [4.69, 9.17) is 11.6 Å². The van der Waals surface area contributed by atoms with Gasteiger partial charge in [-0.1, -0.05) is 30.7 Å². The summed E-state index contributed by atoms with van der Waals surface area (Å²) in [7, 11) is 0. The molecule has 4 nitrogen and oxygen atoms in total. The molecule has 1 aromatic rings. The molecule has 3 N–H and O–H groups in total. The van der Waals surface area contributed by atoms with Crippen molar-refractivity contribution in [1.82, 2.24) is 10.6 Å². The zero-order valence-corrected chi connectivity index (χ0v) is 12.4. The first kappa shape index (κ1) is 15.1. The highest BCUT2D eigenvalue weighted by Crippen LogP contribution is 2.47. The number of carbonyl (C=O) groups excluding carboxylic acids is 1. The molecule has 0 aromatic heterocycles. The number of amides is 2. The normalized spacial score (nSPS) is 17.4. The Hall–Kier alpha value is -1.26. The first-order valence-electron chi connectivity index (χ1n) is 7.00. The van der Waals surface area contributed by atoms with Crippen molar-refractivity contribution >= 4 is 17.6 Å². The van der Waals surface area contributed by atoms with Crippen molar-refractivity contribution in [2.75, 3.05) is 13.1 Å². The average Bonchev–Trinajstić information content (AvgIpc) is 3.24. The number of halogens is 1. The van der Waals surface area contributed by atoms with Crippen LogP contribution in [0.3, 0.4) is 0 Å². The molecule has 2 rings (SSSR count). The number of aliphatic hydroxyl groups excluding tert-OH is 1. The number of aliphatic hydroxyl groups is 1. The van der Waals surface area contributed by atoms with Gasteiger partial charge in [-0.2, -0.15) is 0 Å². The predicted octanol–water partition coefficient (Wildman–Crippen LogP) is 2.86. The zero-order chi connectivity index (χ0) is 14.6. The second-order valence-corrected chi connectivity index (χ2v) is 5.92. The molecule has 1 fully saturated rings. The average molecular weight is 297 g/mol. The molecule has 0 heterocycles. The minimum absolute atomic E-state index is 0.187. The third kappa shape index (κ3) is 4.12. The van der Waals surface area contributed by atoms with E-state index < -0.39 is 6.10 Å². The first-order valence-corrected chi connectivity index (χ1v) is 7.38. The Morgan fingerprint density at radius 2 is 2.00 bits per heavy atom. The van der Waals surface area contributed by atoms with E-state index in [2.05, 4.69) is 17.6 Å². The number of hydrogen-bond acceptors (Lipinski definition) is 2. The fourth-order valence-electron chi connectivity index (χ4n) is 2.15. The number of nitrogens with one attached hydrogen (secondary N) is 2. The van der Waals surface area contributed by atoms with E-state index in [1.165, 1.54) is 12.8 Å². The van der Waals surface area contributed by atoms with Gasteiger partial charge in [-0.3, -0.25) is 0 Å². The van der Waals surface area contributed by atoms with Gasteiger partial charge in [-0.05, 0) is 42.4 Å². The maximum atomic E-state index is 11.7. The lowest BCUT2D eigenvalue weighted by atomic mass is 10.0. The molecule has 0 aliphatic heterocycles. The molecule has 0 spiro atoms. The molecular formula is C15H21ClN2O2. The number of hydrogen-bond donors (Lipinski definition) is 3. The summed E-state index contributed by atoms with van der Waals surface area (Å²) < 4.78 is 0. The second kappa shape index (κ2) is 6.46. The number of rotatable bonds is 6. The smallest absolute Gasteiger partial charge is 0.314 e. The highest BCUT2D eigenvalue weighted by molar-refractivity contribution is 6.30. The van der Waals surface area contributed by atoms with Gasteiger partial charge in [0, 0.05) is 18.1 Å². The largest absolute Gasteiger partial charge is 0.387 e. The van der Waals surface area contributed by atoms with Crippen molar-refractivity contribution in [1.29, 1.82) is 0 Å². The summed E-state index contributed by atoms with van der Waals surface area (Å²) in [6, 6.07) is 6.72. The van der Waals surface area contributed by atoms with Gasteiger partial charge in [0.1, 0.15) is 0 Å². The number of carbonyl (C=O) groups is 1. The van der Waals surface area contributed by atoms with Crippen LogP contribution in [0.4, 0.5) is 4.79 Å². The molecule has 0 radical (unpaired) electrons. The van der Waals surface area contributed by atoms with Gasteiger partial charge in [0.15, 0.2) is 0 Å². The highest BCUT2D eigenvalue weighted by Gasteiger charge is 2.40. The molecule has 0 bridgehead atoms. The Labute approximate surface area is 124 Å². The molecule has 1 aromatic carbocycles. The summed E-state index contributed by atoms with van der Waals surface area (Å²) in [6.45, 7) is 3.05. The van der Waals surface area contributed by atoms with Gasteiger partial charge >= 0.3 is 6.03 Å². The fraction of sp³-hybridized carbons (Fsp3) is 0.533. The van der Waals surface area contributed by atoms with Crippen molar-refractivity contribution in [2.24, 2.45) is 5.41 Å². The second-order valence-electron chi connectivity index (χ2n) is 5.48. The van der Waals surface area contributed by atoms with Gasteiger partial charge in [-0.15, -0.1) is 0 Å². The summed E-state index contributed by atoms with van der Waals surface area (Å²) in [5.41, 5.74) is 1.06. The van der Waals surface area contributed by atoms with Crippen LogP contribution in [0.2, 0.25) is 5.02 Å². The maximum absolute atomic E-state index is 11.7. The molecule has 2 amide bonds. The maximum Gasteiger partial charge on any atom is 0.314 e. The predicted molar refractivity (Wildman–Crippen MR) is 79.8 cm³/mol. The number of benzene rings is 1. The molecular weight excluding hydrogens is 276 g/mol. The van der Waals surface area contributed by atoms with Gasteiger partial charge in [0.05, 0.1) is 6.10 Å². The van der Waals surface area contributed by atoms with Crippen molar-refractivity contribution in [3.8, 4) is 0 Å².